The van der Waals surface area contributed by atoms with Crippen molar-refractivity contribution in [3.63, 3.8) is 0 Å². The minimum absolute atomic E-state index is 0.0135. The molecule has 0 aliphatic carbocycles. The molecule has 0 aliphatic heterocycles. The zero-order chi connectivity index (χ0) is 12.1. The SMILES string of the molecule is CCCC(N)C(=O)Nc1cccc(Br)c1O. The molecule has 0 saturated heterocycles. The number of benzene rings is 1. The fraction of sp³-hybridized carbons (Fsp3) is 0.364. The van der Waals surface area contributed by atoms with E-state index in [-0.39, 0.29) is 11.7 Å². The smallest absolute Gasteiger partial charge is 0.241 e. The standard InChI is InChI=1S/C11H15BrN2O2/c1-2-4-8(13)11(16)14-9-6-3-5-7(12)10(9)15/h3,5-6,8,15H,2,4,13H2,1H3,(H,14,16). The second kappa shape index (κ2) is 5.86. The normalized spacial score (nSPS) is 12.2. The van der Waals surface area contributed by atoms with Crippen LogP contribution in [0.5, 0.6) is 5.75 Å². The van der Waals surface area contributed by atoms with Crippen LogP contribution < -0.4 is 11.1 Å². The summed E-state index contributed by atoms with van der Waals surface area (Å²) >= 11 is 3.17. The Kier molecular flexibility index (Phi) is 4.76. The van der Waals surface area contributed by atoms with E-state index in [4.69, 9.17) is 5.73 Å². The number of carbonyl (C=O) groups is 1. The number of anilines is 1. The molecule has 1 aromatic carbocycles. The van der Waals surface area contributed by atoms with Crippen LogP contribution in [0.4, 0.5) is 5.69 Å². The summed E-state index contributed by atoms with van der Waals surface area (Å²) < 4.78 is 0.536. The van der Waals surface area contributed by atoms with Crippen LogP contribution >= 0.6 is 15.9 Å². The van der Waals surface area contributed by atoms with Crippen molar-refractivity contribution in [1.82, 2.24) is 0 Å². The number of nitrogens with two attached hydrogens (primary N) is 1. The van der Waals surface area contributed by atoms with Gasteiger partial charge in [0, 0.05) is 0 Å². The molecule has 0 aromatic heterocycles. The Morgan fingerprint density at radius 3 is 2.94 bits per heavy atom. The molecule has 0 spiro atoms. The molecule has 0 saturated carbocycles. The van der Waals surface area contributed by atoms with Gasteiger partial charge in [0.05, 0.1) is 16.2 Å². The summed E-state index contributed by atoms with van der Waals surface area (Å²) in [5.74, 6) is -0.269. The predicted molar refractivity (Wildman–Crippen MR) is 67.3 cm³/mol. The maximum atomic E-state index is 11.6. The van der Waals surface area contributed by atoms with Gasteiger partial charge in [-0.05, 0) is 34.5 Å². The van der Waals surface area contributed by atoms with Crippen LogP contribution in [-0.4, -0.2) is 17.1 Å². The van der Waals surface area contributed by atoms with Gasteiger partial charge in [-0.15, -0.1) is 0 Å². The Morgan fingerprint density at radius 1 is 1.62 bits per heavy atom. The van der Waals surface area contributed by atoms with Gasteiger partial charge in [-0.1, -0.05) is 19.4 Å². The zero-order valence-electron chi connectivity index (χ0n) is 9.03. The lowest BCUT2D eigenvalue weighted by Crippen LogP contribution is -2.35. The number of phenolic OH excluding ortho intramolecular Hbond substituents is 1. The minimum atomic E-state index is -0.539. The Hall–Kier alpha value is -1.07. The number of carbonyl (C=O) groups excluding carboxylic acids is 1. The van der Waals surface area contributed by atoms with Crippen LogP contribution in [-0.2, 0) is 4.79 Å². The lowest BCUT2D eigenvalue weighted by Gasteiger charge is -2.12. The fourth-order valence-electron chi connectivity index (χ4n) is 1.28. The summed E-state index contributed by atoms with van der Waals surface area (Å²) in [5.41, 5.74) is 6.02. The molecule has 1 rings (SSSR count). The van der Waals surface area contributed by atoms with Crippen LogP contribution in [0.3, 0.4) is 0 Å². The number of aromatic hydroxyl groups is 1. The molecule has 0 aliphatic rings. The lowest BCUT2D eigenvalue weighted by atomic mass is 10.1. The Bertz CT molecular complexity index is 382. The lowest BCUT2D eigenvalue weighted by molar-refractivity contribution is -0.117. The largest absolute Gasteiger partial charge is 0.505 e. The molecule has 0 fully saturated rings. The van der Waals surface area contributed by atoms with E-state index in [9.17, 15) is 9.90 Å². The first-order valence-electron chi connectivity index (χ1n) is 5.10. The van der Waals surface area contributed by atoms with E-state index in [0.29, 0.717) is 16.6 Å². The van der Waals surface area contributed by atoms with Gasteiger partial charge < -0.3 is 16.2 Å². The maximum Gasteiger partial charge on any atom is 0.241 e. The highest BCUT2D eigenvalue weighted by Crippen LogP contribution is 2.31. The third kappa shape index (κ3) is 3.21. The average Bonchev–Trinajstić information content (AvgIpc) is 2.25. The third-order valence-corrected chi connectivity index (χ3v) is 2.82. The van der Waals surface area contributed by atoms with E-state index >= 15 is 0 Å². The number of amides is 1. The molecular weight excluding hydrogens is 272 g/mol. The summed E-state index contributed by atoms with van der Waals surface area (Å²) in [6, 6.07) is 4.50. The molecule has 0 radical (unpaired) electrons. The van der Waals surface area contributed by atoms with Gasteiger partial charge >= 0.3 is 0 Å². The quantitative estimate of drug-likeness (QED) is 0.743. The molecule has 5 heteroatoms. The van der Waals surface area contributed by atoms with Crippen LogP contribution in [0, 0.1) is 0 Å². The van der Waals surface area contributed by atoms with Crippen LogP contribution in [0.2, 0.25) is 0 Å². The number of phenols is 1. The topological polar surface area (TPSA) is 75.4 Å². The van der Waals surface area contributed by atoms with Crippen molar-refractivity contribution >= 4 is 27.5 Å². The van der Waals surface area contributed by atoms with Gasteiger partial charge in [0.15, 0.2) is 5.75 Å². The zero-order valence-corrected chi connectivity index (χ0v) is 10.6. The van der Waals surface area contributed by atoms with Crippen molar-refractivity contribution in [2.75, 3.05) is 5.32 Å². The molecular formula is C11H15BrN2O2. The van der Waals surface area contributed by atoms with Crippen LogP contribution in [0.1, 0.15) is 19.8 Å². The first-order valence-corrected chi connectivity index (χ1v) is 5.89. The number of para-hydroxylation sites is 1. The Balaban J connectivity index is 2.73. The van der Waals surface area contributed by atoms with Gasteiger partial charge in [-0.2, -0.15) is 0 Å². The second-order valence-electron chi connectivity index (χ2n) is 3.52. The number of nitrogens with one attached hydrogen (secondary N) is 1. The summed E-state index contributed by atoms with van der Waals surface area (Å²) in [6.07, 6.45) is 1.47. The molecule has 1 unspecified atom stereocenters. The molecule has 1 amide bonds. The van der Waals surface area contributed by atoms with Crippen molar-refractivity contribution in [3.8, 4) is 5.75 Å². The van der Waals surface area contributed by atoms with Gasteiger partial charge in [-0.3, -0.25) is 4.79 Å². The number of hydrogen-bond acceptors (Lipinski definition) is 3. The monoisotopic (exact) mass is 286 g/mol. The fourth-order valence-corrected chi connectivity index (χ4v) is 1.65. The van der Waals surface area contributed by atoms with Gasteiger partial charge in [0.1, 0.15) is 0 Å². The van der Waals surface area contributed by atoms with Crippen molar-refractivity contribution in [1.29, 1.82) is 0 Å². The van der Waals surface area contributed by atoms with E-state index in [2.05, 4.69) is 21.2 Å². The van der Waals surface area contributed by atoms with E-state index in [0.717, 1.165) is 6.42 Å². The second-order valence-corrected chi connectivity index (χ2v) is 4.37. The molecule has 0 bridgehead atoms. The highest BCUT2D eigenvalue weighted by atomic mass is 79.9. The number of rotatable bonds is 4. The molecule has 1 aromatic rings. The van der Waals surface area contributed by atoms with Crippen LogP contribution in [0.15, 0.2) is 22.7 Å². The molecule has 1 atom stereocenters. The van der Waals surface area contributed by atoms with E-state index in [1.807, 2.05) is 6.92 Å². The predicted octanol–water partition coefficient (Wildman–Crippen LogP) is 2.22. The molecule has 4 N–H and O–H groups in total. The summed E-state index contributed by atoms with van der Waals surface area (Å²) in [7, 11) is 0. The van der Waals surface area contributed by atoms with Gasteiger partial charge in [0.2, 0.25) is 5.91 Å². The van der Waals surface area contributed by atoms with E-state index < -0.39 is 6.04 Å². The maximum absolute atomic E-state index is 11.6. The first-order chi connectivity index (χ1) is 7.56. The number of halogens is 1. The minimum Gasteiger partial charge on any atom is -0.505 e. The molecule has 0 heterocycles. The van der Waals surface area contributed by atoms with Crippen molar-refractivity contribution < 1.29 is 9.90 Å². The van der Waals surface area contributed by atoms with Crippen molar-refractivity contribution in [2.45, 2.75) is 25.8 Å². The van der Waals surface area contributed by atoms with Crippen molar-refractivity contribution in [3.05, 3.63) is 22.7 Å². The Labute approximate surface area is 103 Å². The number of hydrogen-bond donors (Lipinski definition) is 3. The molecule has 88 valence electrons. The third-order valence-electron chi connectivity index (χ3n) is 2.18. The van der Waals surface area contributed by atoms with Gasteiger partial charge in [-0.25, -0.2) is 0 Å². The van der Waals surface area contributed by atoms with Crippen LogP contribution in [0.25, 0.3) is 0 Å². The summed E-state index contributed by atoms with van der Waals surface area (Å²) in [4.78, 5) is 11.6. The highest BCUT2D eigenvalue weighted by Gasteiger charge is 2.14. The Morgan fingerprint density at radius 2 is 2.31 bits per heavy atom. The molecule has 16 heavy (non-hydrogen) atoms. The summed E-state index contributed by atoms with van der Waals surface area (Å²) in [5, 5.41) is 12.2. The summed E-state index contributed by atoms with van der Waals surface area (Å²) in [6.45, 7) is 1.96. The molecule has 4 nitrogen and oxygen atoms in total. The highest BCUT2D eigenvalue weighted by molar-refractivity contribution is 9.10. The van der Waals surface area contributed by atoms with E-state index in [1.54, 1.807) is 18.2 Å². The van der Waals surface area contributed by atoms with E-state index in [1.165, 1.54) is 0 Å². The average molecular weight is 287 g/mol. The first kappa shape index (κ1) is 13.0. The van der Waals surface area contributed by atoms with Gasteiger partial charge in [0.25, 0.3) is 0 Å². The van der Waals surface area contributed by atoms with Crippen molar-refractivity contribution in [2.24, 2.45) is 5.73 Å².